The fourth-order valence-corrected chi connectivity index (χ4v) is 3.23. The third-order valence-corrected chi connectivity index (χ3v) is 4.64. The van der Waals surface area contributed by atoms with Crippen LogP contribution < -0.4 is 0 Å². The number of aromatic nitrogens is 3. The van der Waals surface area contributed by atoms with Crippen molar-refractivity contribution in [1.82, 2.24) is 14.6 Å². The normalized spacial score (nSPS) is 11.5. The lowest BCUT2D eigenvalue weighted by atomic mass is 10.2. The van der Waals surface area contributed by atoms with E-state index in [-0.39, 0.29) is 5.88 Å². The lowest BCUT2D eigenvalue weighted by Crippen LogP contribution is -1.99. The molecule has 0 fully saturated rings. The number of thioether (sulfide) groups is 1. The summed E-state index contributed by atoms with van der Waals surface area (Å²) in [6.07, 6.45) is 0. The molecule has 4 nitrogen and oxygen atoms in total. The van der Waals surface area contributed by atoms with Crippen LogP contribution in [0.25, 0.3) is 16.9 Å². The number of rotatable bonds is 3. The van der Waals surface area contributed by atoms with Crippen molar-refractivity contribution in [2.24, 2.45) is 0 Å². The second kappa shape index (κ2) is 5.82. The van der Waals surface area contributed by atoms with E-state index in [0.717, 1.165) is 21.8 Å². The Kier molecular flexibility index (Phi) is 4.02. The number of hydrogen-bond donors (Lipinski definition) is 1. The van der Waals surface area contributed by atoms with Crippen LogP contribution in [0, 0.1) is 6.92 Å². The average molecular weight is 334 g/mol. The maximum absolute atomic E-state index is 10.5. The van der Waals surface area contributed by atoms with Gasteiger partial charge in [-0.15, -0.1) is 11.8 Å². The first-order valence-corrected chi connectivity index (χ1v) is 8.23. The van der Waals surface area contributed by atoms with Crippen molar-refractivity contribution in [3.8, 4) is 17.1 Å². The fourth-order valence-electron chi connectivity index (χ4n) is 2.22. The number of aryl methyl sites for hydroxylation is 1. The maximum Gasteiger partial charge on any atom is 0.229 e. The van der Waals surface area contributed by atoms with Gasteiger partial charge < -0.3 is 5.11 Å². The van der Waals surface area contributed by atoms with Gasteiger partial charge in [-0.3, -0.25) is 0 Å². The largest absolute Gasteiger partial charge is 0.492 e. The average Bonchev–Trinajstić information content (AvgIpc) is 2.88. The molecule has 0 amide bonds. The summed E-state index contributed by atoms with van der Waals surface area (Å²) in [7, 11) is 0. The summed E-state index contributed by atoms with van der Waals surface area (Å²) < 4.78 is 1.49. The zero-order chi connectivity index (χ0) is 15.9. The zero-order valence-corrected chi connectivity index (χ0v) is 14.1. The van der Waals surface area contributed by atoms with Crippen LogP contribution in [-0.4, -0.2) is 25.0 Å². The highest BCUT2D eigenvalue weighted by molar-refractivity contribution is 8.00. The number of benzene rings is 1. The fraction of sp³-hybridized carbons (Fsp3) is 0.250. The molecule has 0 saturated carbocycles. The zero-order valence-electron chi connectivity index (χ0n) is 12.5. The molecule has 3 aromatic rings. The van der Waals surface area contributed by atoms with E-state index in [1.807, 2.05) is 37.3 Å². The minimum absolute atomic E-state index is 0.140. The molecule has 0 radical (unpaired) electrons. The van der Waals surface area contributed by atoms with Gasteiger partial charge in [0.05, 0.1) is 16.3 Å². The van der Waals surface area contributed by atoms with Gasteiger partial charge >= 0.3 is 0 Å². The van der Waals surface area contributed by atoms with Gasteiger partial charge in [0.1, 0.15) is 0 Å². The van der Waals surface area contributed by atoms with E-state index in [0.29, 0.717) is 15.9 Å². The van der Waals surface area contributed by atoms with E-state index in [4.69, 9.17) is 11.6 Å². The summed E-state index contributed by atoms with van der Waals surface area (Å²) in [6.45, 7) is 6.06. The van der Waals surface area contributed by atoms with Crippen LogP contribution in [-0.2, 0) is 0 Å². The molecule has 1 aromatic carbocycles. The lowest BCUT2D eigenvalue weighted by molar-refractivity contribution is 0.419. The van der Waals surface area contributed by atoms with Crippen LogP contribution in [0.4, 0.5) is 0 Å². The molecule has 6 heteroatoms. The van der Waals surface area contributed by atoms with Crippen molar-refractivity contribution < 1.29 is 5.11 Å². The van der Waals surface area contributed by atoms with E-state index in [1.54, 1.807) is 11.8 Å². The second-order valence-electron chi connectivity index (χ2n) is 5.32. The van der Waals surface area contributed by atoms with E-state index < -0.39 is 0 Å². The summed E-state index contributed by atoms with van der Waals surface area (Å²) in [6, 6.07) is 9.30. The summed E-state index contributed by atoms with van der Waals surface area (Å²) >= 11 is 7.50. The van der Waals surface area contributed by atoms with Crippen LogP contribution in [0.1, 0.15) is 19.5 Å². The van der Waals surface area contributed by atoms with Crippen molar-refractivity contribution in [3.63, 3.8) is 0 Å². The Balaban J connectivity index is 2.13. The van der Waals surface area contributed by atoms with Gasteiger partial charge in [-0.2, -0.15) is 9.61 Å². The first kappa shape index (κ1) is 15.2. The van der Waals surface area contributed by atoms with Gasteiger partial charge in [-0.25, -0.2) is 4.98 Å². The smallest absolute Gasteiger partial charge is 0.229 e. The van der Waals surface area contributed by atoms with Crippen LogP contribution in [0.15, 0.2) is 35.2 Å². The minimum atomic E-state index is 0.140. The predicted octanol–water partition coefficient (Wildman–Crippen LogP) is 4.56. The topological polar surface area (TPSA) is 50.4 Å². The summed E-state index contributed by atoms with van der Waals surface area (Å²) in [5.41, 5.74) is 3.13. The van der Waals surface area contributed by atoms with Gasteiger partial charge in [0.25, 0.3) is 0 Å². The van der Waals surface area contributed by atoms with Gasteiger partial charge in [0, 0.05) is 21.9 Å². The van der Waals surface area contributed by atoms with Crippen molar-refractivity contribution in [1.29, 1.82) is 0 Å². The summed E-state index contributed by atoms with van der Waals surface area (Å²) in [4.78, 5) is 5.32. The predicted molar refractivity (Wildman–Crippen MR) is 90.8 cm³/mol. The Morgan fingerprint density at radius 1 is 1.23 bits per heavy atom. The van der Waals surface area contributed by atoms with Gasteiger partial charge in [0.15, 0.2) is 5.65 Å². The van der Waals surface area contributed by atoms with Crippen molar-refractivity contribution in [2.75, 3.05) is 0 Å². The summed E-state index contributed by atoms with van der Waals surface area (Å²) in [5.74, 6) is 0.140. The number of nitrogens with zero attached hydrogens (tertiary/aromatic N) is 3. The number of halogens is 1. The third kappa shape index (κ3) is 2.78. The van der Waals surface area contributed by atoms with Gasteiger partial charge in [-0.1, -0.05) is 37.6 Å². The van der Waals surface area contributed by atoms with E-state index >= 15 is 0 Å². The van der Waals surface area contributed by atoms with Crippen molar-refractivity contribution in [3.05, 3.63) is 41.0 Å². The molecule has 114 valence electrons. The SMILES string of the molecule is Cc1nc2cc(-c3ccc(Cl)cc3)nn2c(O)c1SC(C)C. The minimum Gasteiger partial charge on any atom is -0.492 e. The molecule has 0 atom stereocenters. The number of fused-ring (bicyclic) bond motifs is 1. The first-order valence-electron chi connectivity index (χ1n) is 6.97. The second-order valence-corrected chi connectivity index (χ2v) is 7.35. The third-order valence-electron chi connectivity index (χ3n) is 3.20. The van der Waals surface area contributed by atoms with Crippen molar-refractivity contribution >= 4 is 29.0 Å². The molecule has 0 spiro atoms. The van der Waals surface area contributed by atoms with Crippen LogP contribution in [0.5, 0.6) is 5.88 Å². The molecule has 0 aliphatic heterocycles. The molecular weight excluding hydrogens is 318 g/mol. The van der Waals surface area contributed by atoms with Crippen LogP contribution in [0.2, 0.25) is 5.02 Å². The highest BCUT2D eigenvalue weighted by Gasteiger charge is 2.16. The molecule has 3 rings (SSSR count). The Morgan fingerprint density at radius 3 is 2.55 bits per heavy atom. The maximum atomic E-state index is 10.5. The standard InChI is InChI=1S/C16H16ClN3OS/c1-9(2)22-15-10(3)18-14-8-13(19-20(14)16(15)21)11-4-6-12(17)7-5-11/h4-9,21H,1-3H3. The Morgan fingerprint density at radius 2 is 1.91 bits per heavy atom. The highest BCUT2D eigenvalue weighted by Crippen LogP contribution is 2.34. The molecule has 0 unspecified atom stereocenters. The molecule has 0 saturated heterocycles. The van der Waals surface area contributed by atoms with E-state index in [1.165, 1.54) is 4.52 Å². The first-order chi connectivity index (χ1) is 10.5. The lowest BCUT2D eigenvalue weighted by Gasteiger charge is -2.10. The molecule has 2 heterocycles. The van der Waals surface area contributed by atoms with Gasteiger partial charge in [0.2, 0.25) is 5.88 Å². The molecule has 0 aliphatic carbocycles. The van der Waals surface area contributed by atoms with Crippen LogP contribution >= 0.6 is 23.4 Å². The molecular formula is C16H16ClN3OS. The van der Waals surface area contributed by atoms with Crippen LogP contribution in [0.3, 0.4) is 0 Å². The quantitative estimate of drug-likeness (QED) is 0.714. The number of aromatic hydroxyl groups is 1. The highest BCUT2D eigenvalue weighted by atomic mass is 35.5. The Labute approximate surface area is 138 Å². The van der Waals surface area contributed by atoms with Crippen molar-refractivity contribution in [2.45, 2.75) is 30.9 Å². The summed E-state index contributed by atoms with van der Waals surface area (Å²) in [5, 5.41) is 16.0. The molecule has 0 bridgehead atoms. The Hall–Kier alpha value is -1.72. The number of hydrogen-bond acceptors (Lipinski definition) is 4. The van der Waals surface area contributed by atoms with E-state index in [9.17, 15) is 5.11 Å². The molecule has 1 N–H and O–H groups in total. The molecule has 2 aromatic heterocycles. The van der Waals surface area contributed by atoms with E-state index in [2.05, 4.69) is 23.9 Å². The van der Waals surface area contributed by atoms with Gasteiger partial charge in [-0.05, 0) is 19.1 Å². The molecule has 0 aliphatic rings. The molecule has 22 heavy (non-hydrogen) atoms. The monoisotopic (exact) mass is 333 g/mol. The Bertz CT molecular complexity index is 828.